The fraction of sp³-hybridized carbons (Fsp3) is 0.222. The highest BCUT2D eigenvalue weighted by atomic mass is 16.5. The molecule has 1 aromatic heterocycles. The van der Waals surface area contributed by atoms with Gasteiger partial charge in [0.1, 0.15) is 5.69 Å². The summed E-state index contributed by atoms with van der Waals surface area (Å²) in [5.74, 6) is -1.24. The maximum Gasteiger partial charge on any atom is 0.357 e. The second-order valence-corrected chi connectivity index (χ2v) is 5.67. The highest BCUT2D eigenvalue weighted by molar-refractivity contribution is 6.05. The SMILES string of the molecule is CC1CC(=O)Nc2ccccc2N1C(=O)COC(=O)c1ccccn1. The Labute approximate surface area is 144 Å². The number of amides is 2. The van der Waals surface area contributed by atoms with Crippen LogP contribution in [0.1, 0.15) is 23.8 Å². The van der Waals surface area contributed by atoms with Crippen LogP contribution < -0.4 is 10.2 Å². The van der Waals surface area contributed by atoms with E-state index in [2.05, 4.69) is 10.3 Å². The molecule has 1 atom stereocenters. The van der Waals surface area contributed by atoms with E-state index in [0.29, 0.717) is 11.4 Å². The number of hydrogen-bond acceptors (Lipinski definition) is 5. The molecule has 128 valence electrons. The third kappa shape index (κ3) is 3.65. The second kappa shape index (κ2) is 7.12. The third-order valence-electron chi connectivity index (χ3n) is 3.83. The molecule has 1 aliphatic rings. The largest absolute Gasteiger partial charge is 0.451 e. The number of pyridine rings is 1. The lowest BCUT2D eigenvalue weighted by Crippen LogP contribution is -2.41. The van der Waals surface area contributed by atoms with Crippen LogP contribution in [0.25, 0.3) is 0 Å². The Morgan fingerprint density at radius 2 is 2.00 bits per heavy atom. The number of carbonyl (C=O) groups excluding carboxylic acids is 3. The van der Waals surface area contributed by atoms with Crippen molar-refractivity contribution in [1.29, 1.82) is 0 Å². The van der Waals surface area contributed by atoms with Gasteiger partial charge in [0.2, 0.25) is 5.91 Å². The molecule has 25 heavy (non-hydrogen) atoms. The lowest BCUT2D eigenvalue weighted by molar-refractivity contribution is -0.122. The molecule has 3 rings (SSSR count). The van der Waals surface area contributed by atoms with Crippen LogP contribution >= 0.6 is 0 Å². The summed E-state index contributed by atoms with van der Waals surface area (Å²) < 4.78 is 5.08. The number of ether oxygens (including phenoxy) is 1. The van der Waals surface area contributed by atoms with Gasteiger partial charge in [0.15, 0.2) is 6.61 Å². The van der Waals surface area contributed by atoms with Gasteiger partial charge in [-0.05, 0) is 31.2 Å². The summed E-state index contributed by atoms with van der Waals surface area (Å²) in [7, 11) is 0. The van der Waals surface area contributed by atoms with Gasteiger partial charge in [-0.2, -0.15) is 0 Å². The van der Waals surface area contributed by atoms with Gasteiger partial charge in [-0.15, -0.1) is 0 Å². The van der Waals surface area contributed by atoms with Crippen molar-refractivity contribution in [3.63, 3.8) is 0 Å². The first-order valence-electron chi connectivity index (χ1n) is 7.85. The van der Waals surface area contributed by atoms with Gasteiger partial charge in [0.25, 0.3) is 5.91 Å². The second-order valence-electron chi connectivity index (χ2n) is 5.67. The molecule has 2 aromatic rings. The van der Waals surface area contributed by atoms with E-state index in [1.165, 1.54) is 17.2 Å². The maximum absolute atomic E-state index is 12.7. The zero-order chi connectivity index (χ0) is 17.8. The van der Waals surface area contributed by atoms with Crippen molar-refractivity contribution in [3.05, 3.63) is 54.4 Å². The monoisotopic (exact) mass is 339 g/mol. The first kappa shape index (κ1) is 16.6. The van der Waals surface area contributed by atoms with Gasteiger partial charge in [-0.1, -0.05) is 18.2 Å². The molecule has 7 nitrogen and oxygen atoms in total. The summed E-state index contributed by atoms with van der Waals surface area (Å²) >= 11 is 0. The van der Waals surface area contributed by atoms with Crippen LogP contribution in [0.3, 0.4) is 0 Å². The number of rotatable bonds is 3. The zero-order valence-corrected chi connectivity index (χ0v) is 13.6. The summed E-state index contributed by atoms with van der Waals surface area (Å²) in [6, 6.07) is 11.5. The molecule has 1 aromatic carbocycles. The number of carbonyl (C=O) groups is 3. The molecular weight excluding hydrogens is 322 g/mol. The van der Waals surface area contributed by atoms with Crippen molar-refractivity contribution in [2.45, 2.75) is 19.4 Å². The lowest BCUT2D eigenvalue weighted by atomic mass is 10.1. The van der Waals surface area contributed by atoms with Crippen molar-refractivity contribution in [3.8, 4) is 0 Å². The van der Waals surface area contributed by atoms with Gasteiger partial charge >= 0.3 is 5.97 Å². The number of aromatic nitrogens is 1. The van der Waals surface area contributed by atoms with Gasteiger partial charge in [0.05, 0.1) is 11.4 Å². The lowest BCUT2D eigenvalue weighted by Gasteiger charge is -2.27. The topological polar surface area (TPSA) is 88.6 Å². The Morgan fingerprint density at radius 1 is 1.24 bits per heavy atom. The molecule has 0 bridgehead atoms. The van der Waals surface area contributed by atoms with Crippen LogP contribution in [-0.2, 0) is 14.3 Å². The number of anilines is 2. The smallest absolute Gasteiger partial charge is 0.357 e. The summed E-state index contributed by atoms with van der Waals surface area (Å²) in [5, 5.41) is 2.78. The predicted octanol–water partition coefficient (Wildman–Crippen LogP) is 2.00. The van der Waals surface area contributed by atoms with Gasteiger partial charge in [-0.25, -0.2) is 9.78 Å². The zero-order valence-electron chi connectivity index (χ0n) is 13.6. The van der Waals surface area contributed by atoms with Gasteiger partial charge in [-0.3, -0.25) is 9.59 Å². The molecule has 0 radical (unpaired) electrons. The number of fused-ring (bicyclic) bond motifs is 1. The van der Waals surface area contributed by atoms with Crippen molar-refractivity contribution < 1.29 is 19.1 Å². The third-order valence-corrected chi connectivity index (χ3v) is 3.83. The minimum atomic E-state index is -0.668. The number of benzene rings is 1. The van der Waals surface area contributed by atoms with E-state index >= 15 is 0 Å². The molecule has 0 fully saturated rings. The fourth-order valence-corrected chi connectivity index (χ4v) is 2.72. The molecule has 1 N–H and O–H groups in total. The van der Waals surface area contributed by atoms with Crippen LogP contribution in [0.5, 0.6) is 0 Å². The number of esters is 1. The number of nitrogens with zero attached hydrogens (tertiary/aromatic N) is 2. The summed E-state index contributed by atoms with van der Waals surface area (Å²) in [6.45, 7) is 1.35. The molecule has 0 aliphatic carbocycles. The minimum Gasteiger partial charge on any atom is -0.451 e. The standard InChI is InChI=1S/C18H17N3O4/c1-12-10-16(22)20-13-6-2-3-8-15(13)21(12)17(23)11-25-18(24)14-7-4-5-9-19-14/h2-9,12H,10-11H2,1H3,(H,20,22). The average molecular weight is 339 g/mol. The van der Waals surface area contributed by atoms with E-state index in [-0.39, 0.29) is 24.1 Å². The normalized spacial score (nSPS) is 16.4. The average Bonchev–Trinajstić information content (AvgIpc) is 2.74. The molecule has 0 spiro atoms. The van der Waals surface area contributed by atoms with E-state index in [0.717, 1.165) is 0 Å². The van der Waals surface area contributed by atoms with Crippen LogP contribution in [0.4, 0.5) is 11.4 Å². The van der Waals surface area contributed by atoms with Crippen molar-refractivity contribution in [2.24, 2.45) is 0 Å². The molecule has 7 heteroatoms. The maximum atomic E-state index is 12.7. The summed E-state index contributed by atoms with van der Waals surface area (Å²) in [4.78, 5) is 41.9. The molecule has 0 saturated carbocycles. The van der Waals surface area contributed by atoms with Gasteiger partial charge < -0.3 is 15.0 Å². The number of hydrogen-bond donors (Lipinski definition) is 1. The molecule has 1 unspecified atom stereocenters. The Kier molecular flexibility index (Phi) is 4.74. The molecule has 0 saturated heterocycles. The van der Waals surface area contributed by atoms with Crippen molar-refractivity contribution in [1.82, 2.24) is 4.98 Å². The molecule has 2 amide bonds. The summed E-state index contributed by atoms with van der Waals surface area (Å²) in [6.07, 6.45) is 1.64. The van der Waals surface area contributed by atoms with Crippen LogP contribution in [0, 0.1) is 0 Å². The Balaban J connectivity index is 1.76. The van der Waals surface area contributed by atoms with E-state index < -0.39 is 18.5 Å². The van der Waals surface area contributed by atoms with Crippen LogP contribution in [0.15, 0.2) is 48.7 Å². The molecule has 2 heterocycles. The van der Waals surface area contributed by atoms with Crippen LogP contribution in [0.2, 0.25) is 0 Å². The van der Waals surface area contributed by atoms with E-state index in [1.54, 1.807) is 43.3 Å². The van der Waals surface area contributed by atoms with Crippen LogP contribution in [-0.4, -0.2) is 35.4 Å². The minimum absolute atomic E-state index is 0.136. The van der Waals surface area contributed by atoms with Gasteiger partial charge in [0, 0.05) is 18.7 Å². The quantitative estimate of drug-likeness (QED) is 0.864. The van der Waals surface area contributed by atoms with Crippen molar-refractivity contribution >= 4 is 29.2 Å². The summed E-state index contributed by atoms with van der Waals surface area (Å²) in [5.41, 5.74) is 1.28. The molecular formula is C18H17N3O4. The van der Waals surface area contributed by atoms with E-state index in [9.17, 15) is 14.4 Å². The highest BCUT2D eigenvalue weighted by Gasteiger charge is 2.30. The Hall–Kier alpha value is -3.22. The van der Waals surface area contributed by atoms with E-state index in [1.807, 2.05) is 0 Å². The number of para-hydroxylation sites is 2. The molecule has 1 aliphatic heterocycles. The van der Waals surface area contributed by atoms with E-state index in [4.69, 9.17) is 4.74 Å². The Morgan fingerprint density at radius 3 is 2.76 bits per heavy atom. The first-order chi connectivity index (χ1) is 12.1. The first-order valence-corrected chi connectivity index (χ1v) is 7.85. The highest BCUT2D eigenvalue weighted by Crippen LogP contribution is 2.31. The number of nitrogens with one attached hydrogen (secondary N) is 1. The fourth-order valence-electron chi connectivity index (χ4n) is 2.72. The predicted molar refractivity (Wildman–Crippen MR) is 91.2 cm³/mol. The Bertz CT molecular complexity index is 807. The van der Waals surface area contributed by atoms with Crippen molar-refractivity contribution in [2.75, 3.05) is 16.8 Å².